The molecule has 2 aliphatic rings. The Morgan fingerprint density at radius 3 is 2.39 bits per heavy atom. The van der Waals surface area contributed by atoms with Crippen molar-refractivity contribution in [2.75, 3.05) is 20.1 Å². The van der Waals surface area contributed by atoms with Crippen LogP contribution in [0.15, 0.2) is 54.6 Å². The zero-order valence-corrected chi connectivity index (χ0v) is 21.2. The van der Waals surface area contributed by atoms with Crippen molar-refractivity contribution >= 4 is 17.8 Å². The van der Waals surface area contributed by atoms with Crippen molar-refractivity contribution in [1.29, 1.82) is 0 Å². The van der Waals surface area contributed by atoms with Crippen LogP contribution in [0.5, 0.6) is 0 Å². The predicted molar refractivity (Wildman–Crippen MR) is 134 cm³/mol. The zero-order chi connectivity index (χ0) is 26.0. The highest BCUT2D eigenvalue weighted by Gasteiger charge is 2.52. The Bertz CT molecular complexity index is 1100. The molecule has 4 atom stereocenters. The Morgan fingerprint density at radius 2 is 1.75 bits per heavy atom. The van der Waals surface area contributed by atoms with Gasteiger partial charge in [0, 0.05) is 13.6 Å². The number of hydrogen-bond donors (Lipinski definition) is 1. The lowest BCUT2D eigenvalue weighted by atomic mass is 9.91. The van der Waals surface area contributed by atoms with Gasteiger partial charge in [-0.05, 0) is 36.1 Å². The molecule has 4 rings (SSSR count). The van der Waals surface area contributed by atoms with Gasteiger partial charge in [-0.15, -0.1) is 0 Å². The third kappa shape index (κ3) is 4.93. The van der Waals surface area contributed by atoms with Crippen molar-refractivity contribution in [3.8, 4) is 0 Å². The van der Waals surface area contributed by atoms with Gasteiger partial charge in [-0.25, -0.2) is 19.2 Å². The first-order valence-corrected chi connectivity index (χ1v) is 12.4. The van der Waals surface area contributed by atoms with Crippen LogP contribution in [0.4, 0.5) is 9.18 Å². The molecule has 2 aromatic rings. The van der Waals surface area contributed by atoms with E-state index in [2.05, 4.69) is 5.32 Å². The fraction of sp³-hybridized carbons (Fsp3) is 0.444. The molecule has 0 bridgehead atoms. The number of amides is 4. The summed E-state index contributed by atoms with van der Waals surface area (Å²) in [4.78, 5) is 43.9. The Labute approximate surface area is 211 Å². The predicted octanol–water partition coefficient (Wildman–Crippen LogP) is 3.37. The minimum absolute atomic E-state index is 0.00504. The first-order chi connectivity index (χ1) is 17.2. The van der Waals surface area contributed by atoms with E-state index in [1.807, 2.05) is 51.1 Å². The van der Waals surface area contributed by atoms with E-state index in [1.165, 1.54) is 17.1 Å². The number of nitrogens with zero attached hydrogens (tertiary/aromatic N) is 4. The average molecular weight is 496 g/mol. The van der Waals surface area contributed by atoms with Crippen LogP contribution in [0.3, 0.4) is 0 Å². The highest BCUT2D eigenvalue weighted by atomic mass is 19.1. The number of carbonyl (C=O) groups excluding carboxylic acids is 3. The van der Waals surface area contributed by atoms with Crippen LogP contribution in [0.2, 0.25) is 0 Å². The molecular formula is C27H34FN5O3. The highest BCUT2D eigenvalue weighted by Crippen LogP contribution is 2.34. The number of nitrogens with one attached hydrogen (secondary N) is 1. The van der Waals surface area contributed by atoms with Gasteiger partial charge >= 0.3 is 6.03 Å². The van der Waals surface area contributed by atoms with Crippen molar-refractivity contribution in [3.05, 3.63) is 71.5 Å². The third-order valence-electron chi connectivity index (χ3n) is 7.32. The molecule has 9 heteroatoms. The van der Waals surface area contributed by atoms with Gasteiger partial charge in [0.15, 0.2) is 0 Å². The van der Waals surface area contributed by atoms with Crippen molar-refractivity contribution in [3.63, 3.8) is 0 Å². The van der Waals surface area contributed by atoms with Crippen LogP contribution in [-0.2, 0) is 16.1 Å². The Balaban J connectivity index is 1.64. The number of urea groups is 1. The lowest BCUT2D eigenvalue weighted by Gasteiger charge is -2.56. The molecule has 2 aromatic carbocycles. The Morgan fingerprint density at radius 1 is 1.08 bits per heavy atom. The van der Waals surface area contributed by atoms with Gasteiger partial charge < -0.3 is 15.1 Å². The lowest BCUT2D eigenvalue weighted by Crippen LogP contribution is -2.76. The summed E-state index contributed by atoms with van der Waals surface area (Å²) in [5.74, 6) is -0.690. The number of carbonyl (C=O) groups is 3. The monoisotopic (exact) mass is 495 g/mol. The maximum atomic E-state index is 13.8. The topological polar surface area (TPSA) is 76.2 Å². The van der Waals surface area contributed by atoms with E-state index in [0.717, 1.165) is 11.1 Å². The number of halogens is 1. The van der Waals surface area contributed by atoms with Gasteiger partial charge in [0.1, 0.15) is 18.0 Å². The summed E-state index contributed by atoms with van der Waals surface area (Å²) < 4.78 is 13.3. The lowest BCUT2D eigenvalue weighted by molar-refractivity contribution is -0.192. The van der Waals surface area contributed by atoms with Gasteiger partial charge in [-0.2, -0.15) is 0 Å². The summed E-state index contributed by atoms with van der Waals surface area (Å²) in [5, 5.41) is 6.04. The Hall–Kier alpha value is -3.46. The van der Waals surface area contributed by atoms with Gasteiger partial charge in [-0.3, -0.25) is 9.59 Å². The van der Waals surface area contributed by atoms with E-state index in [0.29, 0.717) is 6.42 Å². The number of likely N-dealkylation sites (N-methyl/N-ethyl adjacent to an activating group) is 1. The molecule has 1 unspecified atom stereocenters. The summed E-state index contributed by atoms with van der Waals surface area (Å²) in [5.41, 5.74) is 1.75. The van der Waals surface area contributed by atoms with E-state index in [9.17, 15) is 18.8 Å². The molecule has 2 saturated heterocycles. The molecule has 1 N–H and O–H groups in total. The van der Waals surface area contributed by atoms with Gasteiger partial charge in [0.2, 0.25) is 11.8 Å². The van der Waals surface area contributed by atoms with Gasteiger partial charge in [0.05, 0.1) is 19.1 Å². The van der Waals surface area contributed by atoms with E-state index < -0.39 is 12.2 Å². The van der Waals surface area contributed by atoms with Crippen molar-refractivity contribution < 1.29 is 18.8 Å². The number of hydrazine groups is 1. The number of fused-ring (bicyclic) bond motifs is 1. The molecule has 192 valence electrons. The normalized spacial score (nSPS) is 22.3. The van der Waals surface area contributed by atoms with Crippen LogP contribution >= 0.6 is 0 Å². The molecule has 2 heterocycles. The summed E-state index contributed by atoms with van der Waals surface area (Å²) in [6.07, 6.45) is 0.0694. The smallest absolute Gasteiger partial charge is 0.333 e. The molecule has 2 fully saturated rings. The van der Waals surface area contributed by atoms with E-state index in [4.69, 9.17) is 0 Å². The number of rotatable bonds is 6. The van der Waals surface area contributed by atoms with Crippen LogP contribution in [0, 0.1) is 11.7 Å². The van der Waals surface area contributed by atoms with Gasteiger partial charge in [-0.1, -0.05) is 62.7 Å². The molecule has 4 amide bonds. The largest absolute Gasteiger partial charge is 0.334 e. The molecular weight excluding hydrogens is 461 g/mol. The number of benzene rings is 2. The fourth-order valence-electron chi connectivity index (χ4n) is 5.08. The van der Waals surface area contributed by atoms with E-state index in [1.54, 1.807) is 34.0 Å². The van der Waals surface area contributed by atoms with Gasteiger partial charge in [0.25, 0.3) is 0 Å². The minimum atomic E-state index is -0.659. The Kier molecular flexibility index (Phi) is 7.59. The second-order valence-electron chi connectivity index (χ2n) is 9.63. The standard InChI is InChI=1S/C27H34FN5O3/c1-5-18(2)25-26(35)31(19(3)21-9-7-6-8-10-21)16-23-32(25)24(34)17-30(4)33(23)27(36)29-15-20-11-13-22(28)14-12-20/h6-14,18-19,23,25H,5,15-17H2,1-4H3,(H,29,36)/t18?,19-,23-,25-/m0/s1. The summed E-state index contributed by atoms with van der Waals surface area (Å²) in [7, 11) is 1.70. The highest BCUT2D eigenvalue weighted by molar-refractivity contribution is 5.92. The number of piperazine rings is 1. The SMILES string of the molecule is CCC(C)[C@H]1C(=O)N([C@@H](C)c2ccccc2)C[C@H]2N1C(=O)CN(C)N2C(=O)NCc1ccc(F)cc1. The minimum Gasteiger partial charge on any atom is -0.333 e. The second-order valence-corrected chi connectivity index (χ2v) is 9.63. The zero-order valence-electron chi connectivity index (χ0n) is 21.2. The van der Waals surface area contributed by atoms with Crippen LogP contribution in [-0.4, -0.2) is 70.0 Å². The quantitative estimate of drug-likeness (QED) is 0.667. The molecule has 0 spiro atoms. The van der Waals surface area contributed by atoms with Crippen molar-refractivity contribution in [2.45, 2.75) is 52.0 Å². The molecule has 0 aliphatic carbocycles. The van der Waals surface area contributed by atoms with Crippen molar-refractivity contribution in [1.82, 2.24) is 25.1 Å². The molecule has 8 nitrogen and oxygen atoms in total. The molecule has 36 heavy (non-hydrogen) atoms. The maximum absolute atomic E-state index is 13.8. The summed E-state index contributed by atoms with van der Waals surface area (Å²) >= 11 is 0. The van der Waals surface area contributed by atoms with Crippen LogP contribution in [0.1, 0.15) is 44.4 Å². The molecule has 2 aliphatic heterocycles. The number of hydrogen-bond acceptors (Lipinski definition) is 4. The van der Waals surface area contributed by atoms with Crippen LogP contribution in [0.25, 0.3) is 0 Å². The average Bonchev–Trinajstić information content (AvgIpc) is 2.88. The first kappa shape index (κ1) is 25.6. The van der Waals surface area contributed by atoms with Crippen LogP contribution < -0.4 is 5.32 Å². The molecule has 0 aromatic heterocycles. The summed E-state index contributed by atoms with van der Waals surface area (Å²) in [6.45, 7) is 6.35. The molecule has 0 radical (unpaired) electrons. The van der Waals surface area contributed by atoms with E-state index in [-0.39, 0.29) is 55.3 Å². The first-order valence-electron chi connectivity index (χ1n) is 12.4. The van der Waals surface area contributed by atoms with Crippen molar-refractivity contribution in [2.24, 2.45) is 5.92 Å². The fourth-order valence-corrected chi connectivity index (χ4v) is 5.08. The third-order valence-corrected chi connectivity index (χ3v) is 7.32. The summed E-state index contributed by atoms with van der Waals surface area (Å²) in [6, 6.07) is 14.4. The molecule has 0 saturated carbocycles. The second kappa shape index (κ2) is 10.7. The maximum Gasteiger partial charge on any atom is 0.334 e. The van der Waals surface area contributed by atoms with E-state index >= 15 is 0 Å².